The number of alkyl carbamates (subject to hydrolysis) is 2. The van der Waals surface area contributed by atoms with Crippen LogP contribution in [0.3, 0.4) is 0 Å². The number of methoxy groups -OCH3 is 2. The molecule has 0 aliphatic carbocycles. The van der Waals surface area contributed by atoms with Gasteiger partial charge in [0.2, 0.25) is 18.6 Å². The van der Waals surface area contributed by atoms with Gasteiger partial charge in [0.05, 0.1) is 74.9 Å². The molecule has 44 heteroatoms. The van der Waals surface area contributed by atoms with Crippen LogP contribution in [0.4, 0.5) is 64.2 Å². The Kier molecular flexibility index (Phi) is 29.6. The van der Waals surface area contributed by atoms with E-state index in [4.69, 9.17) is 23.5 Å². The number of hydrazine groups is 1. The first-order valence-electron chi connectivity index (χ1n) is 37.1. The van der Waals surface area contributed by atoms with Gasteiger partial charge in [0, 0.05) is 131 Å². The number of halogens is 10. The number of piperazine rings is 2. The summed E-state index contributed by atoms with van der Waals surface area (Å²) >= 11 is 0. The van der Waals surface area contributed by atoms with Crippen LogP contribution in [0.5, 0.6) is 5.75 Å². The van der Waals surface area contributed by atoms with E-state index in [9.17, 15) is 60.3 Å². The van der Waals surface area contributed by atoms with Crippen LogP contribution in [0.25, 0.3) is 11.3 Å². The third-order valence-electron chi connectivity index (χ3n) is 21.1. The molecule has 0 saturated carbocycles. The monoisotopic (exact) mass is 1730 g/mol. The Morgan fingerprint density at radius 2 is 1.34 bits per heavy atom. The molecule has 2 aromatic heterocycles. The molecule has 4 saturated heterocycles. The molecule has 2 unspecified atom stereocenters. The van der Waals surface area contributed by atoms with Crippen molar-refractivity contribution in [2.75, 3.05) is 99.0 Å². The molecule has 32 nitrogen and oxygen atoms in total. The number of benzene rings is 3. The lowest BCUT2D eigenvalue weighted by molar-refractivity contribution is -0.221. The zero-order valence-electron chi connectivity index (χ0n) is 66.5. The maximum atomic E-state index is 16.8. The van der Waals surface area contributed by atoms with Gasteiger partial charge < -0.3 is 53.4 Å². The number of anilines is 1. The lowest BCUT2D eigenvalue weighted by Crippen LogP contribution is -2.62. The molecule has 6 atom stereocenters. The second kappa shape index (κ2) is 37.9. The average molecular weight is 1730 g/mol. The highest BCUT2D eigenvalue weighted by molar-refractivity contribution is 7.86. The lowest BCUT2D eigenvalue weighted by Gasteiger charge is -2.47. The number of carbonyl (C=O) groups excluding carboxylic acids is 7. The van der Waals surface area contributed by atoms with E-state index in [0.717, 1.165) is 47.9 Å². The van der Waals surface area contributed by atoms with Crippen molar-refractivity contribution in [2.24, 2.45) is 16.7 Å². The smallest absolute Gasteiger partial charge is 0.453 e. The number of phosphoric acid groups is 1. The van der Waals surface area contributed by atoms with E-state index >= 15 is 39.9 Å². The lowest BCUT2D eigenvalue weighted by atomic mass is 9.77. The highest BCUT2D eigenvalue weighted by atomic mass is 32.2. The van der Waals surface area contributed by atoms with Crippen molar-refractivity contribution < 1.29 is 133 Å². The predicted molar refractivity (Wildman–Crippen MR) is 401 cm³/mol. The summed E-state index contributed by atoms with van der Waals surface area (Å²) in [7, 11) is -5.17. The number of fused-ring (bicyclic) bond motifs is 2. The summed E-state index contributed by atoms with van der Waals surface area (Å²) in [5.41, 5.74) is -7.08. The summed E-state index contributed by atoms with van der Waals surface area (Å²) in [4.78, 5) is 134. The topological polar surface area (TPSA) is 375 Å². The second-order valence-electron chi connectivity index (χ2n) is 31.0. The number of hydrogen-bond donors (Lipinski definition) is 5. The highest BCUT2D eigenvalue weighted by Gasteiger charge is 2.58. The Hall–Kier alpha value is -9.80. The first kappa shape index (κ1) is 93.1. The molecule has 5 N–H and O–H groups in total. The number of alkyl halides is 8. The fourth-order valence-electron chi connectivity index (χ4n) is 14.4. The molecular weight excluding hydrogens is 1640 g/mol. The first-order valence-corrected chi connectivity index (χ1v) is 40.0. The van der Waals surface area contributed by atoms with Gasteiger partial charge in [0.25, 0.3) is 16.1 Å². The van der Waals surface area contributed by atoms with Gasteiger partial charge >= 0.3 is 51.0 Å². The fraction of sp³-hybridized carbons (Fsp3) is 0.547. The Morgan fingerprint density at radius 3 is 1.87 bits per heavy atom. The Bertz CT molecular complexity index is 4710. The van der Waals surface area contributed by atoms with E-state index < -0.39 is 199 Å². The van der Waals surface area contributed by atoms with Gasteiger partial charge in [-0.2, -0.15) is 57.3 Å². The van der Waals surface area contributed by atoms with Crippen molar-refractivity contribution in [3.8, 4) is 28.8 Å². The van der Waals surface area contributed by atoms with Crippen molar-refractivity contribution in [3.63, 3.8) is 0 Å². The molecule has 4 aliphatic heterocycles. The molecule has 4 amide bonds. The van der Waals surface area contributed by atoms with Crippen LogP contribution in [0.1, 0.15) is 113 Å². The first-order chi connectivity index (χ1) is 55.5. The minimum absolute atomic E-state index is 0.0728. The van der Waals surface area contributed by atoms with Crippen LogP contribution in [0.2, 0.25) is 0 Å². The number of nitrogens with one attached hydrogen (secondary N) is 3. The molecule has 2 bridgehead atoms. The predicted octanol–water partition coefficient (Wildman–Crippen LogP) is 8.41. The number of phosphoric ester groups is 1. The number of rotatable bonds is 32. The van der Waals surface area contributed by atoms with Crippen LogP contribution in [-0.2, 0) is 87.2 Å². The molecule has 0 radical (unpaired) electrons. The van der Waals surface area contributed by atoms with Crippen molar-refractivity contribution in [2.45, 2.75) is 154 Å². The summed E-state index contributed by atoms with van der Waals surface area (Å²) < 4.78 is 229. The van der Waals surface area contributed by atoms with Crippen LogP contribution in [0.15, 0.2) is 73.2 Å². The molecule has 4 fully saturated rings. The maximum absolute atomic E-state index is 16.8. The minimum atomic E-state index is -5.44. The normalized spacial score (nSPS) is 17.6. The van der Waals surface area contributed by atoms with Gasteiger partial charge in [-0.3, -0.25) is 39.3 Å². The summed E-state index contributed by atoms with van der Waals surface area (Å²) in [6.07, 6.45) is -15.6. The van der Waals surface area contributed by atoms with E-state index in [-0.39, 0.29) is 47.6 Å². The van der Waals surface area contributed by atoms with Gasteiger partial charge in [-0.1, -0.05) is 43.9 Å². The van der Waals surface area contributed by atoms with Gasteiger partial charge in [-0.05, 0) is 107 Å². The standard InChI is InChI=1S/C75H92F10N13O19PS/c1-43-26-49(32-60(100)93-22-24-96(25-23-93)119(109,110)92(8)9)62(58(27-43)117-118(106,107)108)71(2,3)33-61(101)114-42-115-70(105)116-59(39-95(91-65(102)64(89-69(104)112-11)73(6,7)75(83,84)85)38-53-54(76)29-47(30-55(53)77)56-20-21-97(90-56)66(78)79)48(31-57(99)63(88-68(103)111-10)72(4,5)74(80,81)82)28-45-15-12-44(13-16-45)14-17-46-34-86-67(87-35-46)94-36-50-18-19-51(37-94)98(50)52-40-113-41-52/h12-13,15-16,20-21,26-27,29-30,34-35,48,50-52,59,63-64,66H,18-19,22-25,28,31-33,36-42H2,1-11H3,(H,88,103)(H,89,104)(H,91,102)(H2,106,107,108)/t48-,50?,51?,59+,63-,64-/m1/s1. The second-order valence-corrected chi connectivity index (χ2v) is 34.3. The van der Waals surface area contributed by atoms with E-state index in [1.807, 2.05) is 10.7 Å². The summed E-state index contributed by atoms with van der Waals surface area (Å²) in [5, 5.41) is 7.67. The highest BCUT2D eigenvalue weighted by Crippen LogP contribution is 2.47. The largest absolute Gasteiger partial charge is 0.524 e. The third-order valence-corrected chi connectivity index (χ3v) is 23.5. The van der Waals surface area contributed by atoms with Gasteiger partial charge in [0.1, 0.15) is 35.6 Å². The van der Waals surface area contributed by atoms with Crippen LogP contribution < -0.4 is 25.5 Å². The van der Waals surface area contributed by atoms with E-state index in [1.54, 1.807) is 5.32 Å². The van der Waals surface area contributed by atoms with Crippen molar-refractivity contribution in [3.05, 3.63) is 124 Å². The molecule has 5 aromatic rings. The van der Waals surface area contributed by atoms with Crippen LogP contribution >= 0.6 is 7.82 Å². The number of ketones is 1. The Labute approximate surface area is 678 Å². The zero-order chi connectivity index (χ0) is 87.8. The van der Waals surface area contributed by atoms with Crippen LogP contribution in [0, 0.1) is 47.1 Å². The number of Topliss-reactive ketones (excluding diaryl/α,β-unsaturated/α-hetero) is 1. The van der Waals surface area contributed by atoms with Gasteiger partial charge in [0.15, 0.2) is 5.78 Å². The van der Waals surface area contributed by atoms with E-state index in [1.165, 1.54) is 88.6 Å². The maximum Gasteiger partial charge on any atom is 0.524 e. The van der Waals surface area contributed by atoms with Crippen LogP contribution in [-0.4, -0.2) is 246 Å². The zero-order valence-corrected chi connectivity index (χ0v) is 68.2. The number of ether oxygens (including phenoxy) is 6. The number of aromatic nitrogens is 4. The molecule has 0 spiro atoms. The molecular formula is C75H92F10N13O19PS. The number of hydrogen-bond acceptors (Lipinski definition) is 23. The van der Waals surface area contributed by atoms with E-state index in [0.29, 0.717) is 112 Å². The Morgan fingerprint density at radius 1 is 0.765 bits per heavy atom. The van der Waals surface area contributed by atoms with Crippen molar-refractivity contribution in [1.82, 2.24) is 59.2 Å². The molecule has 4 aliphatic rings. The molecule has 3 aromatic carbocycles. The SMILES string of the molecule is COC(=O)N[C@H](C(=O)C[C@@H](Cc1ccc(C#Cc2cnc(N3CC4CCC(C3)N4C3COC3)nc2)cc1)[C@H](CN(Cc1c(F)cc(-c2ccn(C(F)F)n2)cc1F)NC(=O)[C@@H](NC(=O)OC)C(C)(C)C(F)(F)F)OC(=O)OCOC(=O)CC(C)(C)c1c(CC(=O)N2CCN(S(=O)(=O)N(C)C)CC2)cc(C)cc1OP(=O)(O)O)C(C)(C)C(F)(F)F. The third kappa shape index (κ3) is 23.2. The van der Waals surface area contributed by atoms with E-state index in [2.05, 4.69) is 46.2 Å². The van der Waals surface area contributed by atoms with Gasteiger partial charge in [-0.15, -0.1) is 0 Å². The summed E-state index contributed by atoms with van der Waals surface area (Å²) in [5.74, 6) is -4.32. The number of amides is 4. The number of esters is 1. The number of carbonyl (C=O) groups is 7. The minimum Gasteiger partial charge on any atom is -0.453 e. The molecule has 652 valence electrons. The molecule has 119 heavy (non-hydrogen) atoms. The quantitative estimate of drug-likeness (QED) is 0.00513. The van der Waals surface area contributed by atoms with Crippen molar-refractivity contribution >= 4 is 65.9 Å². The summed E-state index contributed by atoms with van der Waals surface area (Å²) in [6.45, 7) is 1.25. The average Bonchev–Trinajstić information content (AvgIpc) is 1.76. The number of aryl methyl sites for hydroxylation is 1. The van der Waals surface area contributed by atoms with Gasteiger partial charge in [-0.25, -0.2) is 47.4 Å². The van der Waals surface area contributed by atoms with Crippen molar-refractivity contribution in [1.29, 1.82) is 0 Å². The number of nitrogens with zero attached hydrogens (tertiary/aromatic N) is 10. The molecule has 9 rings (SSSR count). The Balaban J connectivity index is 1.08. The fourth-order valence-corrected chi connectivity index (χ4v) is 15.9. The summed E-state index contributed by atoms with van der Waals surface area (Å²) in [6, 6.07) is 6.06. The molecule has 6 heterocycles.